The summed E-state index contributed by atoms with van der Waals surface area (Å²) < 4.78 is 24.2. The van der Waals surface area contributed by atoms with Crippen molar-refractivity contribution in [2.24, 2.45) is 5.73 Å². The van der Waals surface area contributed by atoms with Crippen molar-refractivity contribution in [3.63, 3.8) is 0 Å². The molecule has 0 aromatic heterocycles. The molecular formula is C12H18N2O4S. The topological polar surface area (TPSA) is 103 Å². The van der Waals surface area contributed by atoms with Gasteiger partial charge in [-0.05, 0) is 25.3 Å². The van der Waals surface area contributed by atoms with Crippen LogP contribution in [0.5, 0.6) is 0 Å². The summed E-state index contributed by atoms with van der Waals surface area (Å²) in [5.41, 5.74) is 5.34. The van der Waals surface area contributed by atoms with Gasteiger partial charge in [0, 0.05) is 12.1 Å². The first-order valence-electron chi connectivity index (χ1n) is 6.10. The van der Waals surface area contributed by atoms with Crippen molar-refractivity contribution in [2.45, 2.75) is 37.1 Å². The Morgan fingerprint density at radius 2 is 2.00 bits per heavy atom. The van der Waals surface area contributed by atoms with Crippen molar-refractivity contribution in [1.82, 2.24) is 0 Å². The van der Waals surface area contributed by atoms with Crippen molar-refractivity contribution in [2.75, 3.05) is 5.75 Å². The molecule has 1 atom stereocenters. The smallest absolute Gasteiger partial charge is 0.287 e. The molecule has 0 heterocycles. The van der Waals surface area contributed by atoms with Crippen molar-refractivity contribution in [3.05, 3.63) is 34.4 Å². The Labute approximate surface area is 112 Å². The Kier molecular flexibility index (Phi) is 5.44. The maximum atomic E-state index is 12.1. The monoisotopic (exact) mass is 286 g/mol. The molecule has 1 unspecified atom stereocenters. The fourth-order valence-corrected chi connectivity index (χ4v) is 3.23. The van der Waals surface area contributed by atoms with Gasteiger partial charge < -0.3 is 5.73 Å². The van der Waals surface area contributed by atoms with Gasteiger partial charge in [-0.3, -0.25) is 10.1 Å². The fourth-order valence-electron chi connectivity index (χ4n) is 1.72. The van der Waals surface area contributed by atoms with Crippen LogP contribution in [0.4, 0.5) is 5.69 Å². The molecule has 0 bridgehead atoms. The Morgan fingerprint density at radius 1 is 1.37 bits per heavy atom. The molecule has 1 aromatic rings. The number of nitrogens with zero attached hydrogens (tertiary/aromatic N) is 1. The minimum absolute atomic E-state index is 0.0269. The number of nitrogens with two attached hydrogens (primary N) is 1. The number of hydrogen-bond donors (Lipinski definition) is 1. The van der Waals surface area contributed by atoms with Gasteiger partial charge in [-0.1, -0.05) is 19.1 Å². The standard InChI is InChI=1S/C12H18N2O4S/c1-2-10(13)6-5-9-19(17,18)12-8-4-3-7-11(12)14(15)16/h3-4,7-8,10H,2,5-6,9,13H2,1H3. The molecule has 0 saturated heterocycles. The number of hydrogen-bond acceptors (Lipinski definition) is 5. The Hall–Kier alpha value is -1.47. The molecule has 1 aromatic carbocycles. The summed E-state index contributed by atoms with van der Waals surface area (Å²) in [5.74, 6) is -0.119. The third-order valence-electron chi connectivity index (χ3n) is 2.91. The van der Waals surface area contributed by atoms with Crippen molar-refractivity contribution < 1.29 is 13.3 Å². The number of para-hydroxylation sites is 1. The predicted octanol–water partition coefficient (Wildman–Crippen LogP) is 1.89. The van der Waals surface area contributed by atoms with Gasteiger partial charge in [-0.15, -0.1) is 0 Å². The van der Waals surface area contributed by atoms with Crippen LogP contribution in [0.2, 0.25) is 0 Å². The minimum Gasteiger partial charge on any atom is -0.328 e. The summed E-state index contributed by atoms with van der Waals surface area (Å²) in [5, 5.41) is 10.8. The van der Waals surface area contributed by atoms with E-state index in [9.17, 15) is 18.5 Å². The molecule has 0 saturated carbocycles. The zero-order valence-corrected chi connectivity index (χ0v) is 11.6. The molecule has 1 rings (SSSR count). The zero-order valence-electron chi connectivity index (χ0n) is 10.8. The van der Waals surface area contributed by atoms with Crippen LogP contribution in [0.25, 0.3) is 0 Å². The lowest BCUT2D eigenvalue weighted by molar-refractivity contribution is -0.387. The van der Waals surface area contributed by atoms with Gasteiger partial charge in [0.25, 0.3) is 5.69 Å². The van der Waals surface area contributed by atoms with Gasteiger partial charge >= 0.3 is 0 Å². The second kappa shape index (κ2) is 6.63. The minimum atomic E-state index is -3.64. The number of sulfone groups is 1. The maximum absolute atomic E-state index is 12.1. The molecule has 106 valence electrons. The lowest BCUT2D eigenvalue weighted by Gasteiger charge is -2.08. The molecule has 6 nitrogen and oxygen atoms in total. The maximum Gasteiger partial charge on any atom is 0.287 e. The first kappa shape index (κ1) is 15.6. The van der Waals surface area contributed by atoms with E-state index in [4.69, 9.17) is 5.73 Å². The van der Waals surface area contributed by atoms with Crippen molar-refractivity contribution >= 4 is 15.5 Å². The number of nitro groups is 1. The summed E-state index contributed by atoms with van der Waals surface area (Å²) in [6, 6.07) is 5.38. The molecule has 7 heteroatoms. The molecule has 0 amide bonds. The third-order valence-corrected chi connectivity index (χ3v) is 4.75. The molecule has 0 aliphatic carbocycles. The zero-order chi connectivity index (χ0) is 14.5. The van der Waals surface area contributed by atoms with E-state index in [0.717, 1.165) is 6.42 Å². The molecule has 19 heavy (non-hydrogen) atoms. The highest BCUT2D eigenvalue weighted by Crippen LogP contribution is 2.24. The van der Waals surface area contributed by atoms with Gasteiger partial charge in [0.15, 0.2) is 9.84 Å². The molecule has 0 aliphatic heterocycles. The summed E-state index contributed by atoms with van der Waals surface area (Å²) in [6.45, 7) is 1.93. The molecule has 0 aliphatic rings. The van der Waals surface area contributed by atoms with Crippen LogP contribution in [0.3, 0.4) is 0 Å². The van der Waals surface area contributed by atoms with E-state index in [1.165, 1.54) is 24.3 Å². The Balaban J connectivity index is 2.86. The van der Waals surface area contributed by atoms with Crippen LogP contribution >= 0.6 is 0 Å². The Morgan fingerprint density at radius 3 is 2.58 bits per heavy atom. The molecule has 2 N–H and O–H groups in total. The van der Waals surface area contributed by atoms with Crippen molar-refractivity contribution in [3.8, 4) is 0 Å². The first-order valence-corrected chi connectivity index (χ1v) is 7.75. The highest BCUT2D eigenvalue weighted by atomic mass is 32.2. The van der Waals surface area contributed by atoms with Crippen LogP contribution < -0.4 is 5.73 Å². The average Bonchev–Trinajstić information content (AvgIpc) is 2.38. The second-order valence-electron chi connectivity index (χ2n) is 4.35. The van der Waals surface area contributed by atoms with Crippen LogP contribution in [0, 0.1) is 10.1 Å². The average molecular weight is 286 g/mol. The molecular weight excluding hydrogens is 268 g/mol. The largest absolute Gasteiger partial charge is 0.328 e. The van der Waals surface area contributed by atoms with Crippen LogP contribution in [-0.4, -0.2) is 25.1 Å². The van der Waals surface area contributed by atoms with E-state index < -0.39 is 14.8 Å². The van der Waals surface area contributed by atoms with Gasteiger partial charge in [-0.2, -0.15) is 0 Å². The van der Waals surface area contributed by atoms with Gasteiger partial charge in [0.2, 0.25) is 0 Å². The number of nitro benzene ring substituents is 1. The predicted molar refractivity (Wildman–Crippen MR) is 72.6 cm³/mol. The molecule has 0 spiro atoms. The quantitative estimate of drug-likeness (QED) is 0.609. The van der Waals surface area contributed by atoms with Crippen molar-refractivity contribution in [1.29, 1.82) is 0 Å². The van der Waals surface area contributed by atoms with Crippen LogP contribution in [-0.2, 0) is 9.84 Å². The lowest BCUT2D eigenvalue weighted by atomic mass is 10.1. The van der Waals surface area contributed by atoms with Crippen LogP contribution in [0.15, 0.2) is 29.2 Å². The molecule has 0 fully saturated rings. The Bertz CT molecular complexity index is 542. The van der Waals surface area contributed by atoms with Gasteiger partial charge in [0.05, 0.1) is 10.7 Å². The lowest BCUT2D eigenvalue weighted by Crippen LogP contribution is -2.20. The first-order chi connectivity index (χ1) is 8.88. The third kappa shape index (κ3) is 4.29. The van der Waals surface area contributed by atoms with E-state index in [1.807, 2.05) is 6.92 Å². The van der Waals surface area contributed by atoms with Gasteiger partial charge in [-0.25, -0.2) is 8.42 Å². The fraction of sp³-hybridized carbons (Fsp3) is 0.500. The normalized spacial score (nSPS) is 13.2. The van der Waals surface area contributed by atoms with Crippen LogP contribution in [0.1, 0.15) is 26.2 Å². The summed E-state index contributed by atoms with van der Waals surface area (Å²) in [4.78, 5) is 9.92. The van der Waals surface area contributed by atoms with Gasteiger partial charge in [0.1, 0.15) is 4.90 Å². The summed E-state index contributed by atoms with van der Waals surface area (Å²) >= 11 is 0. The van der Waals surface area contributed by atoms with E-state index in [-0.39, 0.29) is 22.4 Å². The summed E-state index contributed by atoms with van der Waals surface area (Å²) in [7, 11) is -3.64. The van der Waals surface area contributed by atoms with E-state index in [2.05, 4.69) is 0 Å². The van der Waals surface area contributed by atoms with E-state index in [0.29, 0.717) is 12.8 Å². The molecule has 0 radical (unpaired) electrons. The summed E-state index contributed by atoms with van der Waals surface area (Å²) in [6.07, 6.45) is 1.78. The van der Waals surface area contributed by atoms with E-state index in [1.54, 1.807) is 0 Å². The number of rotatable bonds is 7. The highest BCUT2D eigenvalue weighted by molar-refractivity contribution is 7.91. The number of benzene rings is 1. The second-order valence-corrected chi connectivity index (χ2v) is 6.43. The SMILES string of the molecule is CCC(N)CCCS(=O)(=O)c1ccccc1[N+](=O)[O-]. The van der Waals surface area contributed by atoms with E-state index >= 15 is 0 Å². The highest BCUT2D eigenvalue weighted by Gasteiger charge is 2.24.